The number of benzene rings is 4. The van der Waals surface area contributed by atoms with Gasteiger partial charge in [-0.15, -0.1) is 0 Å². The van der Waals surface area contributed by atoms with E-state index in [1.54, 1.807) is 18.2 Å². The molecule has 5 rings (SSSR count). The fourth-order valence-electron chi connectivity index (χ4n) is 5.32. The van der Waals surface area contributed by atoms with Crippen molar-refractivity contribution >= 4 is 37.1 Å². The van der Waals surface area contributed by atoms with Crippen LogP contribution in [0.5, 0.6) is 0 Å². The Balaban J connectivity index is 1.33. The Morgan fingerprint density at radius 2 is 1.34 bits per heavy atom. The lowest BCUT2D eigenvalue weighted by atomic mass is 9.77. The summed E-state index contributed by atoms with van der Waals surface area (Å²) < 4.78 is 23.6. The molecule has 1 saturated heterocycles. The van der Waals surface area contributed by atoms with Gasteiger partial charge >= 0.3 is 26.2 Å². The zero-order valence-corrected chi connectivity index (χ0v) is 25.2. The van der Waals surface area contributed by atoms with Crippen molar-refractivity contribution in [3.05, 3.63) is 108 Å². The SMILES string of the molecule is COC(=O)c1cc(B2OC(C)(C)C(C)(CCOC(=O)c3cc(B(O)O)ccc3-c3ccccc3)O2)ccc1-c1ccccc1. The molecule has 1 aliphatic heterocycles. The van der Waals surface area contributed by atoms with Crippen molar-refractivity contribution in [3.8, 4) is 22.3 Å². The summed E-state index contributed by atoms with van der Waals surface area (Å²) >= 11 is 0. The molecule has 0 aliphatic carbocycles. The van der Waals surface area contributed by atoms with Gasteiger partial charge in [-0.1, -0.05) is 84.9 Å². The van der Waals surface area contributed by atoms with Crippen molar-refractivity contribution in [1.29, 1.82) is 0 Å². The van der Waals surface area contributed by atoms with Gasteiger partial charge < -0.3 is 28.8 Å². The predicted octanol–water partition coefficient (Wildman–Crippen LogP) is 4.01. The van der Waals surface area contributed by atoms with E-state index in [2.05, 4.69) is 0 Å². The molecular formula is C34H34B2O8. The van der Waals surface area contributed by atoms with Crippen molar-refractivity contribution < 1.29 is 38.4 Å². The minimum Gasteiger partial charge on any atom is -0.465 e. The van der Waals surface area contributed by atoms with Crippen molar-refractivity contribution in [2.45, 2.75) is 38.4 Å². The normalized spacial score (nSPS) is 17.3. The van der Waals surface area contributed by atoms with Gasteiger partial charge in [0.05, 0.1) is 36.0 Å². The van der Waals surface area contributed by atoms with E-state index in [4.69, 9.17) is 18.8 Å². The van der Waals surface area contributed by atoms with Crippen LogP contribution >= 0.6 is 0 Å². The lowest BCUT2D eigenvalue weighted by Crippen LogP contribution is -2.45. The van der Waals surface area contributed by atoms with E-state index >= 15 is 0 Å². The van der Waals surface area contributed by atoms with E-state index in [1.807, 2.05) is 93.6 Å². The summed E-state index contributed by atoms with van der Waals surface area (Å²) in [5, 5.41) is 19.4. The van der Waals surface area contributed by atoms with Crippen LogP contribution in [0.2, 0.25) is 0 Å². The van der Waals surface area contributed by atoms with Gasteiger partial charge in [0.25, 0.3) is 0 Å². The fourth-order valence-corrected chi connectivity index (χ4v) is 5.32. The van der Waals surface area contributed by atoms with Crippen LogP contribution in [0.15, 0.2) is 97.1 Å². The van der Waals surface area contributed by atoms with Crippen LogP contribution in [-0.4, -0.2) is 61.1 Å². The lowest BCUT2D eigenvalue weighted by Gasteiger charge is -2.36. The molecule has 44 heavy (non-hydrogen) atoms. The highest BCUT2D eigenvalue weighted by Gasteiger charge is 2.54. The second kappa shape index (κ2) is 12.8. The Kier molecular flexibility index (Phi) is 9.08. The molecular weight excluding hydrogens is 558 g/mol. The average molecular weight is 592 g/mol. The van der Waals surface area contributed by atoms with Gasteiger partial charge in [-0.25, -0.2) is 9.59 Å². The maximum atomic E-state index is 13.3. The van der Waals surface area contributed by atoms with E-state index in [9.17, 15) is 19.6 Å². The molecule has 1 atom stereocenters. The van der Waals surface area contributed by atoms with Crippen molar-refractivity contribution in [2.24, 2.45) is 0 Å². The molecule has 0 aromatic heterocycles. The molecule has 4 aromatic rings. The van der Waals surface area contributed by atoms with E-state index in [0.29, 0.717) is 23.0 Å². The molecule has 0 amide bonds. The van der Waals surface area contributed by atoms with Gasteiger partial charge in [0, 0.05) is 6.42 Å². The number of ether oxygens (including phenoxy) is 2. The van der Waals surface area contributed by atoms with Gasteiger partial charge in [0.15, 0.2) is 0 Å². The molecule has 4 aromatic carbocycles. The fraction of sp³-hybridized carbons (Fsp3) is 0.235. The highest BCUT2D eigenvalue weighted by Crippen LogP contribution is 2.40. The molecule has 2 N–H and O–H groups in total. The first-order valence-electron chi connectivity index (χ1n) is 14.4. The molecule has 0 spiro atoms. The first-order chi connectivity index (χ1) is 21.0. The van der Waals surface area contributed by atoms with Crippen LogP contribution in [0.4, 0.5) is 0 Å². The molecule has 8 nitrogen and oxygen atoms in total. The molecule has 224 valence electrons. The van der Waals surface area contributed by atoms with Crippen molar-refractivity contribution in [1.82, 2.24) is 0 Å². The average Bonchev–Trinajstić information content (AvgIpc) is 3.28. The molecule has 1 unspecified atom stereocenters. The molecule has 1 aliphatic rings. The third-order valence-corrected chi connectivity index (χ3v) is 8.31. The van der Waals surface area contributed by atoms with Crippen LogP contribution < -0.4 is 10.9 Å². The molecule has 0 saturated carbocycles. The van der Waals surface area contributed by atoms with Crippen molar-refractivity contribution in [3.63, 3.8) is 0 Å². The summed E-state index contributed by atoms with van der Waals surface area (Å²) in [7, 11) is -1.15. The second-order valence-corrected chi connectivity index (χ2v) is 11.4. The molecule has 1 fully saturated rings. The molecule has 0 bridgehead atoms. The maximum Gasteiger partial charge on any atom is 0.494 e. The molecule has 10 heteroatoms. The lowest BCUT2D eigenvalue weighted by molar-refractivity contribution is -0.0300. The Morgan fingerprint density at radius 3 is 1.91 bits per heavy atom. The summed E-state index contributed by atoms with van der Waals surface area (Å²) in [5.74, 6) is -1.06. The van der Waals surface area contributed by atoms with Gasteiger partial charge in [-0.05, 0) is 66.1 Å². The number of methoxy groups -OCH3 is 1. The topological polar surface area (TPSA) is 112 Å². The number of esters is 2. The predicted molar refractivity (Wildman–Crippen MR) is 170 cm³/mol. The molecule has 1 heterocycles. The number of rotatable bonds is 9. The van der Waals surface area contributed by atoms with Crippen LogP contribution in [0.3, 0.4) is 0 Å². The quantitative estimate of drug-likeness (QED) is 0.222. The summed E-state index contributed by atoms with van der Waals surface area (Å²) in [6.07, 6.45) is 0.317. The third kappa shape index (κ3) is 6.34. The van der Waals surface area contributed by atoms with Crippen LogP contribution in [-0.2, 0) is 18.8 Å². The van der Waals surface area contributed by atoms with E-state index in [-0.39, 0.29) is 17.6 Å². The summed E-state index contributed by atoms with van der Waals surface area (Å²) in [6.45, 7) is 5.75. The smallest absolute Gasteiger partial charge is 0.465 e. The second-order valence-electron chi connectivity index (χ2n) is 11.4. The number of carbonyl (C=O) groups excluding carboxylic acids is 2. The Morgan fingerprint density at radius 1 is 0.773 bits per heavy atom. The zero-order chi connectivity index (χ0) is 31.5. The molecule has 0 radical (unpaired) electrons. The summed E-state index contributed by atoms with van der Waals surface area (Å²) in [5.41, 5.74) is 2.87. The van der Waals surface area contributed by atoms with Gasteiger partial charge in [-0.3, -0.25) is 0 Å². The summed E-state index contributed by atoms with van der Waals surface area (Å²) in [6, 6.07) is 29.0. The monoisotopic (exact) mass is 592 g/mol. The number of hydrogen-bond acceptors (Lipinski definition) is 8. The van der Waals surface area contributed by atoms with Crippen molar-refractivity contribution in [2.75, 3.05) is 13.7 Å². The standard InChI is InChI=1S/C34H34B2O8/c1-33(2)34(3,19-20-42-32(38)30-21-25(35(39)40)15-17-28(30)24-13-9-6-10-14-24)44-36(43-33)26-16-18-27(23-11-7-5-8-12-23)29(22-26)31(37)41-4/h5-18,21-22,39-40H,19-20H2,1-4H3. The number of carbonyl (C=O) groups is 2. The van der Waals surface area contributed by atoms with Gasteiger partial charge in [-0.2, -0.15) is 0 Å². The first kappa shape index (κ1) is 31.2. The van der Waals surface area contributed by atoms with Gasteiger partial charge in [0.1, 0.15) is 0 Å². The van der Waals surface area contributed by atoms with Gasteiger partial charge in [0.2, 0.25) is 0 Å². The van der Waals surface area contributed by atoms with E-state index in [0.717, 1.165) is 16.7 Å². The highest BCUT2D eigenvalue weighted by molar-refractivity contribution is 6.62. The van der Waals surface area contributed by atoms with E-state index in [1.165, 1.54) is 13.2 Å². The largest absolute Gasteiger partial charge is 0.494 e. The number of hydrogen-bond donors (Lipinski definition) is 2. The Labute approximate surface area is 257 Å². The van der Waals surface area contributed by atoms with Crippen LogP contribution in [0.25, 0.3) is 22.3 Å². The van der Waals surface area contributed by atoms with Crippen LogP contribution in [0.1, 0.15) is 47.9 Å². The van der Waals surface area contributed by atoms with Crippen LogP contribution in [0, 0.1) is 0 Å². The zero-order valence-electron chi connectivity index (χ0n) is 25.2. The Hall–Kier alpha value is -4.21. The third-order valence-electron chi connectivity index (χ3n) is 8.31. The minimum atomic E-state index is -1.73. The first-order valence-corrected chi connectivity index (χ1v) is 14.4. The highest BCUT2D eigenvalue weighted by atomic mass is 16.7. The maximum absolute atomic E-state index is 13.3. The Bertz CT molecular complexity index is 1640. The summed E-state index contributed by atoms with van der Waals surface area (Å²) in [4.78, 5) is 26.1. The van der Waals surface area contributed by atoms with E-state index < -0.39 is 37.4 Å². The minimum absolute atomic E-state index is 0.0231.